The van der Waals surface area contributed by atoms with Gasteiger partial charge in [0.1, 0.15) is 5.75 Å². The highest BCUT2D eigenvalue weighted by molar-refractivity contribution is 6.30. The molecule has 0 saturated heterocycles. The van der Waals surface area contributed by atoms with Crippen molar-refractivity contribution < 1.29 is 9.53 Å². The molecule has 0 fully saturated rings. The number of amides is 1. The zero-order valence-corrected chi connectivity index (χ0v) is 11.7. The molecular weight excluding hydrogens is 274 g/mol. The molecule has 0 atom stereocenters. The fraction of sp³-hybridized carbons (Fsp3) is 0.0625. The maximum Gasteiger partial charge on any atom is 0.248 e. The molecule has 0 bridgehead atoms. The van der Waals surface area contributed by atoms with Crippen molar-refractivity contribution in [1.82, 2.24) is 0 Å². The average molecular weight is 288 g/mol. The quantitative estimate of drug-likeness (QED) is 0.863. The van der Waals surface area contributed by atoms with E-state index in [0.717, 1.165) is 11.3 Å². The second kappa shape index (κ2) is 6.78. The molecule has 0 aliphatic heterocycles. The Kier molecular flexibility index (Phi) is 4.80. The Morgan fingerprint density at radius 2 is 1.95 bits per heavy atom. The molecule has 0 saturated carbocycles. The third kappa shape index (κ3) is 4.14. The van der Waals surface area contributed by atoms with Crippen LogP contribution in [0.25, 0.3) is 6.08 Å². The van der Waals surface area contributed by atoms with E-state index in [1.54, 1.807) is 49.6 Å². The third-order valence-corrected chi connectivity index (χ3v) is 2.87. The first-order chi connectivity index (χ1) is 9.67. The molecule has 0 spiro atoms. The highest BCUT2D eigenvalue weighted by atomic mass is 35.5. The second-order valence-corrected chi connectivity index (χ2v) is 4.54. The Balaban J connectivity index is 1.98. The smallest absolute Gasteiger partial charge is 0.248 e. The highest BCUT2D eigenvalue weighted by Crippen LogP contribution is 2.15. The Labute approximate surface area is 122 Å². The van der Waals surface area contributed by atoms with E-state index >= 15 is 0 Å². The zero-order valence-electron chi connectivity index (χ0n) is 11.0. The molecule has 20 heavy (non-hydrogen) atoms. The number of carbonyl (C=O) groups is 1. The van der Waals surface area contributed by atoms with E-state index in [2.05, 4.69) is 5.32 Å². The Hall–Kier alpha value is -2.26. The van der Waals surface area contributed by atoms with E-state index in [4.69, 9.17) is 16.3 Å². The van der Waals surface area contributed by atoms with Gasteiger partial charge in [-0.15, -0.1) is 0 Å². The van der Waals surface area contributed by atoms with Crippen LogP contribution in [0.1, 0.15) is 5.56 Å². The fourth-order valence-electron chi connectivity index (χ4n) is 1.64. The highest BCUT2D eigenvalue weighted by Gasteiger charge is 1.98. The first kappa shape index (κ1) is 14.2. The molecule has 0 aromatic heterocycles. The van der Waals surface area contributed by atoms with Gasteiger partial charge in [-0.2, -0.15) is 0 Å². The first-order valence-corrected chi connectivity index (χ1v) is 6.44. The lowest BCUT2D eigenvalue weighted by Gasteiger charge is -2.03. The van der Waals surface area contributed by atoms with Crippen molar-refractivity contribution >= 4 is 29.3 Å². The van der Waals surface area contributed by atoms with E-state index in [1.807, 2.05) is 12.1 Å². The lowest BCUT2D eigenvalue weighted by atomic mass is 10.2. The minimum absolute atomic E-state index is 0.199. The van der Waals surface area contributed by atoms with Crippen molar-refractivity contribution in [3.05, 3.63) is 65.2 Å². The van der Waals surface area contributed by atoms with Gasteiger partial charge in [0.15, 0.2) is 0 Å². The summed E-state index contributed by atoms with van der Waals surface area (Å²) in [4.78, 5) is 11.8. The molecule has 4 heteroatoms. The molecule has 0 radical (unpaired) electrons. The van der Waals surface area contributed by atoms with Crippen molar-refractivity contribution in [3.63, 3.8) is 0 Å². The van der Waals surface area contributed by atoms with Gasteiger partial charge in [0.25, 0.3) is 0 Å². The van der Waals surface area contributed by atoms with Crippen molar-refractivity contribution in [2.75, 3.05) is 12.4 Å². The van der Waals surface area contributed by atoms with Crippen molar-refractivity contribution in [2.45, 2.75) is 0 Å². The van der Waals surface area contributed by atoms with Crippen LogP contribution in [0.4, 0.5) is 5.69 Å². The van der Waals surface area contributed by atoms with Crippen molar-refractivity contribution in [1.29, 1.82) is 0 Å². The van der Waals surface area contributed by atoms with Crippen LogP contribution < -0.4 is 10.1 Å². The Morgan fingerprint density at radius 3 is 2.60 bits per heavy atom. The van der Waals surface area contributed by atoms with Gasteiger partial charge in [-0.3, -0.25) is 4.79 Å². The number of halogens is 1. The van der Waals surface area contributed by atoms with Gasteiger partial charge in [0.05, 0.1) is 7.11 Å². The van der Waals surface area contributed by atoms with Crippen LogP contribution in [-0.4, -0.2) is 13.0 Å². The molecule has 1 N–H and O–H groups in total. The number of anilines is 1. The van der Waals surface area contributed by atoms with Crippen LogP contribution in [0.3, 0.4) is 0 Å². The SMILES string of the molecule is COc1ccc(NC(=O)/C=C/c2cccc(Cl)c2)cc1. The minimum atomic E-state index is -0.199. The summed E-state index contributed by atoms with van der Waals surface area (Å²) in [6, 6.07) is 14.4. The van der Waals surface area contributed by atoms with Gasteiger partial charge in [-0.05, 0) is 48.0 Å². The van der Waals surface area contributed by atoms with Gasteiger partial charge < -0.3 is 10.1 Å². The molecular formula is C16H14ClNO2. The van der Waals surface area contributed by atoms with Crippen LogP contribution >= 0.6 is 11.6 Å². The summed E-state index contributed by atoms with van der Waals surface area (Å²) in [6.07, 6.45) is 3.18. The molecule has 2 rings (SSSR count). The number of hydrogen-bond acceptors (Lipinski definition) is 2. The van der Waals surface area contributed by atoms with Gasteiger partial charge >= 0.3 is 0 Å². The summed E-state index contributed by atoms with van der Waals surface area (Å²) in [5.74, 6) is 0.549. The van der Waals surface area contributed by atoms with Crippen molar-refractivity contribution in [3.8, 4) is 5.75 Å². The standard InChI is InChI=1S/C16H14ClNO2/c1-20-15-8-6-14(7-9-15)18-16(19)10-5-12-3-2-4-13(17)11-12/h2-11H,1H3,(H,18,19)/b10-5+. The summed E-state index contributed by atoms with van der Waals surface area (Å²) >= 11 is 5.87. The van der Waals surface area contributed by atoms with E-state index < -0.39 is 0 Å². The van der Waals surface area contributed by atoms with E-state index in [0.29, 0.717) is 10.7 Å². The van der Waals surface area contributed by atoms with Gasteiger partial charge in [0.2, 0.25) is 5.91 Å². The molecule has 1 amide bonds. The van der Waals surface area contributed by atoms with Crippen LogP contribution in [0.2, 0.25) is 5.02 Å². The molecule has 3 nitrogen and oxygen atoms in total. The predicted octanol–water partition coefficient (Wildman–Crippen LogP) is 4.00. The normalized spacial score (nSPS) is 10.5. The molecule has 102 valence electrons. The zero-order chi connectivity index (χ0) is 14.4. The van der Waals surface area contributed by atoms with Crippen LogP contribution in [0.5, 0.6) is 5.75 Å². The summed E-state index contributed by atoms with van der Waals surface area (Å²) in [5.41, 5.74) is 1.59. The fourth-order valence-corrected chi connectivity index (χ4v) is 1.84. The number of nitrogens with one attached hydrogen (secondary N) is 1. The maximum absolute atomic E-state index is 11.8. The number of benzene rings is 2. The molecule has 0 aliphatic carbocycles. The minimum Gasteiger partial charge on any atom is -0.497 e. The summed E-state index contributed by atoms with van der Waals surface area (Å²) in [5, 5.41) is 3.41. The largest absolute Gasteiger partial charge is 0.497 e. The summed E-state index contributed by atoms with van der Waals surface area (Å²) < 4.78 is 5.05. The predicted molar refractivity (Wildman–Crippen MR) is 82.1 cm³/mol. The summed E-state index contributed by atoms with van der Waals surface area (Å²) in [7, 11) is 1.60. The number of rotatable bonds is 4. The molecule has 0 heterocycles. The molecule has 2 aromatic carbocycles. The van der Waals surface area contributed by atoms with Crippen LogP contribution in [0, 0.1) is 0 Å². The first-order valence-electron chi connectivity index (χ1n) is 6.06. The number of hydrogen-bond donors (Lipinski definition) is 1. The number of methoxy groups -OCH3 is 1. The molecule has 0 unspecified atom stereocenters. The third-order valence-electron chi connectivity index (χ3n) is 2.63. The van der Waals surface area contributed by atoms with Crippen molar-refractivity contribution in [2.24, 2.45) is 0 Å². The Morgan fingerprint density at radius 1 is 1.20 bits per heavy atom. The van der Waals surface area contributed by atoms with Gasteiger partial charge in [0, 0.05) is 16.8 Å². The molecule has 2 aromatic rings. The lowest BCUT2D eigenvalue weighted by molar-refractivity contribution is -0.111. The van der Waals surface area contributed by atoms with E-state index in [9.17, 15) is 4.79 Å². The Bertz CT molecular complexity index is 621. The molecule has 0 aliphatic rings. The van der Waals surface area contributed by atoms with Crippen LogP contribution in [-0.2, 0) is 4.79 Å². The number of carbonyl (C=O) groups excluding carboxylic acids is 1. The average Bonchev–Trinajstić information content (AvgIpc) is 2.46. The van der Waals surface area contributed by atoms with E-state index in [-0.39, 0.29) is 5.91 Å². The maximum atomic E-state index is 11.8. The van der Waals surface area contributed by atoms with Gasteiger partial charge in [-0.1, -0.05) is 23.7 Å². The van der Waals surface area contributed by atoms with E-state index in [1.165, 1.54) is 6.08 Å². The van der Waals surface area contributed by atoms with Crippen LogP contribution in [0.15, 0.2) is 54.6 Å². The summed E-state index contributed by atoms with van der Waals surface area (Å²) in [6.45, 7) is 0. The monoisotopic (exact) mass is 287 g/mol. The number of ether oxygens (including phenoxy) is 1. The topological polar surface area (TPSA) is 38.3 Å². The van der Waals surface area contributed by atoms with Gasteiger partial charge in [-0.25, -0.2) is 0 Å². The second-order valence-electron chi connectivity index (χ2n) is 4.11. The lowest BCUT2D eigenvalue weighted by Crippen LogP contribution is -2.07.